The molecule has 0 amide bonds. The van der Waals surface area contributed by atoms with Crippen LogP contribution in [0, 0.1) is 10.2 Å². The topological polar surface area (TPSA) is 20.7 Å². The lowest BCUT2D eigenvalue weighted by Crippen LogP contribution is -1.99. The fraction of sp³-hybridized carbons (Fsp3) is 0.417. The number of nitrogens with zero attached hydrogens (tertiary/aromatic N) is 1. The zero-order valence-electron chi connectivity index (χ0n) is 8.95. The molecular formula is C12H14N2S. The summed E-state index contributed by atoms with van der Waals surface area (Å²) in [7, 11) is 0. The molecule has 2 aromatic rings. The number of para-hydroxylation sites is 2. The lowest BCUT2D eigenvalue weighted by molar-refractivity contribution is 0.546. The van der Waals surface area contributed by atoms with E-state index in [1.807, 2.05) is 6.07 Å². The van der Waals surface area contributed by atoms with E-state index in [-0.39, 0.29) is 0 Å². The van der Waals surface area contributed by atoms with Gasteiger partial charge in [-0.1, -0.05) is 26.0 Å². The lowest BCUT2D eigenvalue weighted by atomic mass is 10.2. The van der Waals surface area contributed by atoms with E-state index in [4.69, 9.17) is 12.2 Å². The summed E-state index contributed by atoms with van der Waals surface area (Å²) >= 11 is 5.38. The van der Waals surface area contributed by atoms with Crippen LogP contribution in [-0.2, 0) is 0 Å². The molecule has 0 spiro atoms. The molecule has 3 rings (SSSR count). The maximum atomic E-state index is 5.38. The molecule has 1 N–H and O–H groups in total. The van der Waals surface area contributed by atoms with Crippen molar-refractivity contribution in [3.63, 3.8) is 0 Å². The van der Waals surface area contributed by atoms with Gasteiger partial charge in [-0.05, 0) is 36.2 Å². The third-order valence-corrected chi connectivity index (χ3v) is 3.70. The Hall–Kier alpha value is -1.09. The first kappa shape index (κ1) is 9.16. The summed E-state index contributed by atoms with van der Waals surface area (Å²) in [6, 6.07) is 8.89. The van der Waals surface area contributed by atoms with Gasteiger partial charge in [0.25, 0.3) is 0 Å². The molecule has 1 aliphatic rings. The van der Waals surface area contributed by atoms with Crippen molar-refractivity contribution in [2.75, 3.05) is 0 Å². The number of aromatic amines is 1. The van der Waals surface area contributed by atoms with Gasteiger partial charge < -0.3 is 9.55 Å². The van der Waals surface area contributed by atoms with Crippen molar-refractivity contribution in [1.29, 1.82) is 0 Å². The van der Waals surface area contributed by atoms with Crippen LogP contribution in [0.4, 0.5) is 0 Å². The number of hydrogen-bond acceptors (Lipinski definition) is 1. The SMILES string of the molecule is CC1(C)CC1n1c(=S)[nH]c2ccccc21. The van der Waals surface area contributed by atoms with Crippen LogP contribution in [0.5, 0.6) is 0 Å². The highest BCUT2D eigenvalue weighted by atomic mass is 32.1. The van der Waals surface area contributed by atoms with Crippen molar-refractivity contribution in [3.8, 4) is 0 Å². The molecule has 1 aliphatic carbocycles. The molecule has 1 atom stereocenters. The number of benzene rings is 1. The summed E-state index contributed by atoms with van der Waals surface area (Å²) in [4.78, 5) is 3.26. The number of fused-ring (bicyclic) bond motifs is 1. The van der Waals surface area contributed by atoms with Crippen molar-refractivity contribution in [3.05, 3.63) is 29.0 Å². The molecule has 15 heavy (non-hydrogen) atoms. The second kappa shape index (κ2) is 2.73. The van der Waals surface area contributed by atoms with E-state index in [9.17, 15) is 0 Å². The predicted octanol–water partition coefficient (Wildman–Crippen LogP) is 3.67. The first-order chi connectivity index (χ1) is 7.09. The third kappa shape index (κ3) is 1.26. The van der Waals surface area contributed by atoms with Crippen LogP contribution in [-0.4, -0.2) is 9.55 Å². The van der Waals surface area contributed by atoms with Gasteiger partial charge in [-0.25, -0.2) is 0 Å². The fourth-order valence-corrected chi connectivity index (χ4v) is 2.60. The summed E-state index contributed by atoms with van der Waals surface area (Å²) in [5, 5.41) is 0. The Kier molecular flexibility index (Phi) is 1.67. The normalized spacial score (nSPS) is 23.2. The molecule has 0 bridgehead atoms. The number of rotatable bonds is 1. The monoisotopic (exact) mass is 218 g/mol. The zero-order valence-corrected chi connectivity index (χ0v) is 9.77. The van der Waals surface area contributed by atoms with Crippen LogP contribution in [0.2, 0.25) is 0 Å². The quantitative estimate of drug-likeness (QED) is 0.724. The van der Waals surface area contributed by atoms with Crippen molar-refractivity contribution in [1.82, 2.24) is 9.55 Å². The average molecular weight is 218 g/mol. The highest BCUT2D eigenvalue weighted by Gasteiger charge is 2.47. The molecule has 1 fully saturated rings. The van der Waals surface area contributed by atoms with Gasteiger partial charge in [-0.15, -0.1) is 0 Å². The first-order valence-corrected chi connectivity index (χ1v) is 5.70. The van der Waals surface area contributed by atoms with Gasteiger partial charge in [0.05, 0.1) is 11.0 Å². The van der Waals surface area contributed by atoms with E-state index < -0.39 is 0 Å². The van der Waals surface area contributed by atoms with Crippen LogP contribution in [0.3, 0.4) is 0 Å². The van der Waals surface area contributed by atoms with Gasteiger partial charge in [0, 0.05) is 6.04 Å². The Morgan fingerprint density at radius 2 is 2.07 bits per heavy atom. The summed E-state index contributed by atoms with van der Waals surface area (Å²) in [5.74, 6) is 0. The van der Waals surface area contributed by atoms with Gasteiger partial charge in [-0.3, -0.25) is 0 Å². The largest absolute Gasteiger partial charge is 0.331 e. The fourth-order valence-electron chi connectivity index (χ4n) is 2.26. The minimum Gasteiger partial charge on any atom is -0.331 e. The average Bonchev–Trinajstić information content (AvgIpc) is 2.68. The van der Waals surface area contributed by atoms with E-state index in [2.05, 4.69) is 41.6 Å². The van der Waals surface area contributed by atoms with Crippen LogP contribution in [0.15, 0.2) is 24.3 Å². The van der Waals surface area contributed by atoms with E-state index in [1.165, 1.54) is 11.9 Å². The Labute approximate surface area is 93.9 Å². The number of imidazole rings is 1. The molecular weight excluding hydrogens is 204 g/mol. The van der Waals surface area contributed by atoms with Crippen molar-refractivity contribution in [2.24, 2.45) is 5.41 Å². The van der Waals surface area contributed by atoms with Crippen molar-refractivity contribution < 1.29 is 0 Å². The minimum absolute atomic E-state index is 0.406. The molecule has 0 radical (unpaired) electrons. The maximum absolute atomic E-state index is 5.38. The summed E-state index contributed by atoms with van der Waals surface area (Å²) in [6.45, 7) is 4.59. The number of H-pyrrole nitrogens is 1. The zero-order chi connectivity index (χ0) is 10.6. The Morgan fingerprint density at radius 3 is 2.73 bits per heavy atom. The lowest BCUT2D eigenvalue weighted by Gasteiger charge is -2.06. The summed E-state index contributed by atoms with van der Waals surface area (Å²) < 4.78 is 3.12. The predicted molar refractivity (Wildman–Crippen MR) is 64.6 cm³/mol. The van der Waals surface area contributed by atoms with E-state index in [0.29, 0.717) is 11.5 Å². The summed E-state index contributed by atoms with van der Waals surface area (Å²) in [5.41, 5.74) is 2.78. The highest BCUT2D eigenvalue weighted by Crippen LogP contribution is 2.56. The Balaban J connectivity index is 2.27. The molecule has 1 aromatic heterocycles. The molecule has 1 heterocycles. The molecule has 0 aliphatic heterocycles. The Morgan fingerprint density at radius 1 is 1.40 bits per heavy atom. The standard InChI is InChI=1S/C12H14N2S/c1-12(2)7-10(12)14-9-6-4-3-5-8(9)13-11(14)15/h3-6,10H,7H2,1-2H3,(H,13,15). The van der Waals surface area contributed by atoms with E-state index in [0.717, 1.165) is 10.3 Å². The second-order valence-electron chi connectivity index (χ2n) is 5.03. The number of hydrogen-bond donors (Lipinski definition) is 1. The van der Waals surface area contributed by atoms with Crippen molar-refractivity contribution in [2.45, 2.75) is 26.3 Å². The molecule has 3 heteroatoms. The molecule has 2 nitrogen and oxygen atoms in total. The van der Waals surface area contributed by atoms with Gasteiger partial charge >= 0.3 is 0 Å². The smallest absolute Gasteiger partial charge is 0.178 e. The second-order valence-corrected chi connectivity index (χ2v) is 5.41. The number of aromatic nitrogens is 2. The van der Waals surface area contributed by atoms with Crippen LogP contribution >= 0.6 is 12.2 Å². The highest BCUT2D eigenvalue weighted by molar-refractivity contribution is 7.71. The first-order valence-electron chi connectivity index (χ1n) is 5.29. The molecule has 1 saturated carbocycles. The Bertz CT molecular complexity index is 577. The van der Waals surface area contributed by atoms with Crippen LogP contribution < -0.4 is 0 Å². The molecule has 1 aromatic carbocycles. The number of nitrogens with one attached hydrogen (secondary N) is 1. The molecule has 1 unspecified atom stereocenters. The van der Waals surface area contributed by atoms with Gasteiger partial charge in [0.1, 0.15) is 0 Å². The van der Waals surface area contributed by atoms with E-state index >= 15 is 0 Å². The van der Waals surface area contributed by atoms with E-state index in [1.54, 1.807) is 0 Å². The van der Waals surface area contributed by atoms with Gasteiger partial charge in [-0.2, -0.15) is 0 Å². The van der Waals surface area contributed by atoms with Crippen molar-refractivity contribution >= 4 is 23.3 Å². The molecule has 0 saturated heterocycles. The minimum atomic E-state index is 0.406. The third-order valence-electron chi connectivity index (χ3n) is 3.40. The summed E-state index contributed by atoms with van der Waals surface area (Å²) in [6.07, 6.45) is 1.23. The van der Waals surface area contributed by atoms with Crippen LogP contribution in [0.1, 0.15) is 26.3 Å². The molecule has 78 valence electrons. The van der Waals surface area contributed by atoms with Gasteiger partial charge in [0.2, 0.25) is 0 Å². The maximum Gasteiger partial charge on any atom is 0.178 e. The van der Waals surface area contributed by atoms with Gasteiger partial charge in [0.15, 0.2) is 4.77 Å². The van der Waals surface area contributed by atoms with Crippen LogP contribution in [0.25, 0.3) is 11.0 Å².